The molecule has 4 rings (SSSR count). The van der Waals surface area contributed by atoms with Crippen LogP contribution in [0.25, 0.3) is 11.4 Å². The van der Waals surface area contributed by atoms with Crippen LogP contribution in [0.5, 0.6) is 0 Å². The molecular formula is C18H19ClN4O3. The van der Waals surface area contributed by atoms with Crippen molar-refractivity contribution in [2.24, 2.45) is 5.92 Å². The first-order chi connectivity index (χ1) is 12.5. The molecule has 7 nitrogen and oxygen atoms in total. The number of rotatable bonds is 3. The van der Waals surface area contributed by atoms with Crippen molar-refractivity contribution >= 4 is 23.5 Å². The lowest BCUT2D eigenvalue weighted by Crippen LogP contribution is -2.53. The van der Waals surface area contributed by atoms with Gasteiger partial charge in [0.15, 0.2) is 0 Å². The van der Waals surface area contributed by atoms with Crippen molar-refractivity contribution in [2.45, 2.75) is 44.7 Å². The highest BCUT2D eigenvalue weighted by Gasteiger charge is 2.55. The minimum atomic E-state index is -0.791. The van der Waals surface area contributed by atoms with Crippen LogP contribution in [0.2, 0.25) is 5.02 Å². The Balaban J connectivity index is 1.56. The Morgan fingerprint density at radius 1 is 1.35 bits per heavy atom. The van der Waals surface area contributed by atoms with Crippen LogP contribution in [0.15, 0.2) is 28.8 Å². The van der Waals surface area contributed by atoms with Gasteiger partial charge in [0.1, 0.15) is 12.1 Å². The fourth-order valence-electron chi connectivity index (χ4n) is 3.85. The Labute approximate surface area is 155 Å². The smallest absolute Gasteiger partial charge is 0.325 e. The van der Waals surface area contributed by atoms with Crippen LogP contribution in [-0.2, 0) is 11.3 Å². The molecule has 136 valence electrons. The first kappa shape index (κ1) is 17.0. The molecule has 2 fully saturated rings. The van der Waals surface area contributed by atoms with Crippen molar-refractivity contribution in [3.63, 3.8) is 0 Å². The second kappa shape index (κ2) is 6.39. The number of carbonyl (C=O) groups excluding carboxylic acids is 2. The Bertz CT molecular complexity index is 868. The minimum Gasteiger partial charge on any atom is -0.337 e. The van der Waals surface area contributed by atoms with Gasteiger partial charge in [-0.25, -0.2) is 4.79 Å². The summed E-state index contributed by atoms with van der Waals surface area (Å²) in [6.45, 7) is 1.97. The average Bonchev–Trinajstić information content (AvgIpc) is 3.18. The van der Waals surface area contributed by atoms with Gasteiger partial charge in [0.05, 0.1) is 5.02 Å². The number of aromatic nitrogens is 2. The molecule has 26 heavy (non-hydrogen) atoms. The Kier molecular flexibility index (Phi) is 4.19. The topological polar surface area (TPSA) is 88.3 Å². The van der Waals surface area contributed by atoms with Gasteiger partial charge >= 0.3 is 6.03 Å². The summed E-state index contributed by atoms with van der Waals surface area (Å²) in [5, 5.41) is 7.34. The van der Waals surface area contributed by atoms with E-state index in [1.165, 1.54) is 4.90 Å². The predicted molar refractivity (Wildman–Crippen MR) is 94.2 cm³/mol. The van der Waals surface area contributed by atoms with E-state index >= 15 is 0 Å². The van der Waals surface area contributed by atoms with Gasteiger partial charge in [-0.3, -0.25) is 9.69 Å². The summed E-state index contributed by atoms with van der Waals surface area (Å²) in [5.41, 5.74) is -0.153. The quantitative estimate of drug-likeness (QED) is 0.832. The molecule has 2 aromatic rings. The molecule has 1 aromatic heterocycles. The molecule has 0 bridgehead atoms. The molecule has 8 heteroatoms. The van der Waals surface area contributed by atoms with E-state index < -0.39 is 11.6 Å². The van der Waals surface area contributed by atoms with Crippen molar-refractivity contribution in [2.75, 3.05) is 0 Å². The van der Waals surface area contributed by atoms with E-state index in [4.69, 9.17) is 16.1 Å². The van der Waals surface area contributed by atoms with Crippen molar-refractivity contribution in [3.8, 4) is 11.4 Å². The summed E-state index contributed by atoms with van der Waals surface area (Å²) in [6.07, 6.45) is 3.61. The van der Waals surface area contributed by atoms with E-state index in [-0.39, 0.29) is 24.3 Å². The van der Waals surface area contributed by atoms with Crippen LogP contribution < -0.4 is 5.32 Å². The van der Waals surface area contributed by atoms with E-state index in [1.807, 2.05) is 19.1 Å². The van der Waals surface area contributed by atoms with Gasteiger partial charge in [0.2, 0.25) is 11.7 Å². The van der Waals surface area contributed by atoms with E-state index in [2.05, 4.69) is 15.5 Å². The molecular weight excluding hydrogens is 356 g/mol. The number of hydrogen-bond acceptors (Lipinski definition) is 5. The molecule has 0 radical (unpaired) electrons. The fourth-order valence-corrected chi connectivity index (χ4v) is 4.07. The van der Waals surface area contributed by atoms with Gasteiger partial charge in [-0.05, 0) is 30.9 Å². The van der Waals surface area contributed by atoms with Gasteiger partial charge < -0.3 is 9.84 Å². The van der Waals surface area contributed by atoms with Crippen LogP contribution in [0.1, 0.15) is 38.5 Å². The molecule has 1 saturated heterocycles. The lowest BCUT2D eigenvalue weighted by molar-refractivity contribution is -0.134. The van der Waals surface area contributed by atoms with Crippen molar-refractivity contribution in [1.29, 1.82) is 0 Å². The highest BCUT2D eigenvalue weighted by atomic mass is 35.5. The second-order valence-corrected chi connectivity index (χ2v) is 7.34. The number of nitrogens with zero attached hydrogens (tertiary/aromatic N) is 3. The van der Waals surface area contributed by atoms with Gasteiger partial charge in [-0.15, -0.1) is 0 Å². The second-order valence-electron chi connectivity index (χ2n) is 6.93. The Hall–Kier alpha value is -2.41. The summed E-state index contributed by atoms with van der Waals surface area (Å²) in [6, 6.07) is 6.75. The SMILES string of the molecule is CC1CCCCC12NC(=O)N(Cc1nc(-c3ccccc3Cl)no1)C2=O. The minimum absolute atomic E-state index is 0.0451. The maximum Gasteiger partial charge on any atom is 0.325 e. The van der Waals surface area contributed by atoms with Crippen LogP contribution in [0.4, 0.5) is 4.79 Å². The maximum atomic E-state index is 13.0. The van der Waals surface area contributed by atoms with Gasteiger partial charge in [0, 0.05) is 5.56 Å². The summed E-state index contributed by atoms with van der Waals surface area (Å²) in [7, 11) is 0. The standard InChI is InChI=1S/C18H19ClN4O3/c1-11-6-4-5-9-18(11)16(24)23(17(25)21-18)10-14-20-15(22-26-14)12-7-2-3-8-13(12)19/h2-3,7-8,11H,4-6,9-10H2,1H3,(H,21,25). The van der Waals surface area contributed by atoms with Crippen LogP contribution in [-0.4, -0.2) is 32.5 Å². The zero-order valence-electron chi connectivity index (χ0n) is 14.4. The molecule has 2 unspecified atom stereocenters. The van der Waals surface area contributed by atoms with Crippen molar-refractivity contribution < 1.29 is 14.1 Å². The van der Waals surface area contributed by atoms with E-state index in [9.17, 15) is 9.59 Å². The van der Waals surface area contributed by atoms with E-state index in [0.717, 1.165) is 19.3 Å². The van der Waals surface area contributed by atoms with Crippen LogP contribution >= 0.6 is 11.6 Å². The zero-order chi connectivity index (χ0) is 18.3. The largest absolute Gasteiger partial charge is 0.337 e. The lowest BCUT2D eigenvalue weighted by atomic mass is 9.73. The molecule has 1 saturated carbocycles. The zero-order valence-corrected chi connectivity index (χ0v) is 15.1. The molecule has 2 heterocycles. The number of benzene rings is 1. The number of carbonyl (C=O) groups is 2. The number of amides is 3. The molecule has 1 aliphatic carbocycles. The summed E-state index contributed by atoms with van der Waals surface area (Å²) in [5.74, 6) is 0.439. The third-order valence-electron chi connectivity index (χ3n) is 5.38. The summed E-state index contributed by atoms with van der Waals surface area (Å²) >= 11 is 6.15. The van der Waals surface area contributed by atoms with Crippen molar-refractivity contribution in [1.82, 2.24) is 20.4 Å². The van der Waals surface area contributed by atoms with Gasteiger partial charge in [-0.2, -0.15) is 4.98 Å². The third-order valence-corrected chi connectivity index (χ3v) is 5.71. The number of urea groups is 1. The number of hydrogen-bond donors (Lipinski definition) is 1. The van der Waals surface area contributed by atoms with E-state index in [0.29, 0.717) is 22.8 Å². The molecule has 1 aliphatic heterocycles. The Morgan fingerprint density at radius 3 is 2.92 bits per heavy atom. The third kappa shape index (κ3) is 2.67. The first-order valence-electron chi connectivity index (χ1n) is 8.73. The lowest BCUT2D eigenvalue weighted by Gasteiger charge is -2.36. The maximum absolute atomic E-state index is 13.0. The highest BCUT2D eigenvalue weighted by molar-refractivity contribution is 6.33. The van der Waals surface area contributed by atoms with Gasteiger partial charge in [-0.1, -0.05) is 48.7 Å². The average molecular weight is 375 g/mol. The molecule has 1 spiro atoms. The molecule has 2 aliphatic rings. The first-order valence-corrected chi connectivity index (χ1v) is 9.10. The highest BCUT2D eigenvalue weighted by Crippen LogP contribution is 2.38. The fraction of sp³-hybridized carbons (Fsp3) is 0.444. The molecule has 3 amide bonds. The van der Waals surface area contributed by atoms with Crippen LogP contribution in [0.3, 0.4) is 0 Å². The number of imide groups is 1. The summed E-state index contributed by atoms with van der Waals surface area (Å²) < 4.78 is 5.24. The monoisotopic (exact) mass is 374 g/mol. The number of halogens is 1. The van der Waals surface area contributed by atoms with Crippen LogP contribution in [0, 0.1) is 5.92 Å². The number of nitrogens with one attached hydrogen (secondary N) is 1. The molecule has 1 aromatic carbocycles. The normalized spacial score (nSPS) is 25.8. The summed E-state index contributed by atoms with van der Waals surface area (Å²) in [4.78, 5) is 30.9. The van der Waals surface area contributed by atoms with E-state index in [1.54, 1.807) is 12.1 Å². The van der Waals surface area contributed by atoms with Gasteiger partial charge in [0.25, 0.3) is 5.91 Å². The molecule has 1 N–H and O–H groups in total. The molecule has 2 atom stereocenters. The van der Waals surface area contributed by atoms with Crippen molar-refractivity contribution in [3.05, 3.63) is 35.2 Å². The Morgan fingerprint density at radius 2 is 2.15 bits per heavy atom. The predicted octanol–water partition coefficient (Wildman–Crippen LogP) is 3.39.